The van der Waals surface area contributed by atoms with Crippen molar-refractivity contribution in [3.05, 3.63) is 50.8 Å². The number of aromatic nitrogens is 3. The summed E-state index contributed by atoms with van der Waals surface area (Å²) in [6, 6.07) is 7.21. The molecule has 0 spiro atoms. The van der Waals surface area contributed by atoms with E-state index in [1.165, 1.54) is 0 Å². The molecule has 7 nitrogen and oxygen atoms in total. The summed E-state index contributed by atoms with van der Waals surface area (Å²) in [6.07, 6.45) is 0.676. The summed E-state index contributed by atoms with van der Waals surface area (Å²) in [5, 5.41) is 14.2. The highest BCUT2D eigenvalue weighted by Gasteiger charge is 2.59. The van der Waals surface area contributed by atoms with Gasteiger partial charge in [0.2, 0.25) is 0 Å². The van der Waals surface area contributed by atoms with Crippen LogP contribution in [0.25, 0.3) is 10.9 Å². The Bertz CT molecular complexity index is 1000. The van der Waals surface area contributed by atoms with Gasteiger partial charge in [0, 0.05) is 15.4 Å². The van der Waals surface area contributed by atoms with Gasteiger partial charge in [-0.1, -0.05) is 28.0 Å². The first-order valence-corrected chi connectivity index (χ1v) is 7.84. The average molecular weight is 378 g/mol. The van der Waals surface area contributed by atoms with Crippen molar-refractivity contribution >= 4 is 32.8 Å². The molecule has 0 amide bonds. The van der Waals surface area contributed by atoms with Crippen molar-refractivity contribution in [2.24, 2.45) is 5.92 Å². The molecule has 1 fully saturated rings. The number of nitrogens with one attached hydrogen (secondary N) is 1. The zero-order chi connectivity index (χ0) is 16.4. The van der Waals surface area contributed by atoms with Gasteiger partial charge >= 0.3 is 11.7 Å². The fraction of sp³-hybridized carbons (Fsp3) is 0.267. The molecule has 3 aromatic rings. The number of carbonyl (C=O) groups is 1. The first kappa shape index (κ1) is 14.3. The molecular formula is C15H12BrN3O4. The molecule has 1 saturated carbocycles. The molecule has 0 saturated heterocycles. The van der Waals surface area contributed by atoms with Crippen molar-refractivity contribution in [3.8, 4) is 0 Å². The normalized spacial score (nSPS) is 23.3. The summed E-state index contributed by atoms with van der Waals surface area (Å²) in [5.74, 6) is -1.19. The summed E-state index contributed by atoms with van der Waals surface area (Å²) in [7, 11) is 0. The molecule has 1 aliphatic rings. The molecule has 0 aliphatic heterocycles. The molecule has 2 unspecified atom stereocenters. The second kappa shape index (κ2) is 4.58. The van der Waals surface area contributed by atoms with Gasteiger partial charge in [-0.25, -0.2) is 9.59 Å². The van der Waals surface area contributed by atoms with E-state index in [1.54, 1.807) is 10.6 Å². The van der Waals surface area contributed by atoms with E-state index in [0.29, 0.717) is 12.2 Å². The molecule has 2 N–H and O–H groups in total. The number of H-pyrrole nitrogens is 1. The van der Waals surface area contributed by atoms with Crippen molar-refractivity contribution in [1.82, 2.24) is 14.7 Å². The number of fused-ring (bicyclic) bond motifs is 1. The third-order valence-electron chi connectivity index (χ3n) is 4.50. The summed E-state index contributed by atoms with van der Waals surface area (Å²) in [4.78, 5) is 25.7. The van der Waals surface area contributed by atoms with E-state index in [2.05, 4.69) is 30.6 Å². The molecule has 0 radical (unpaired) electrons. The second-order valence-corrected chi connectivity index (χ2v) is 6.76. The van der Waals surface area contributed by atoms with Crippen molar-refractivity contribution in [1.29, 1.82) is 0 Å². The minimum atomic E-state index is -1.03. The number of aromatic carboxylic acids is 1. The maximum Gasteiger partial charge on any atom is 0.438 e. The third kappa shape index (κ3) is 1.91. The number of hydrogen-bond donors (Lipinski definition) is 2. The Morgan fingerprint density at radius 2 is 2.26 bits per heavy atom. The SMILES string of the molecule is CC1CC1(c1noc(=O)[nH]1)n1c(C(=O)O)cc2cc(Br)ccc21. The fourth-order valence-corrected chi connectivity index (χ4v) is 3.72. The minimum absolute atomic E-state index is 0.126. The number of rotatable bonds is 3. The number of carboxylic acid groups (broad SMARTS) is 1. The van der Waals surface area contributed by atoms with E-state index in [-0.39, 0.29) is 11.6 Å². The first-order valence-electron chi connectivity index (χ1n) is 7.05. The lowest BCUT2D eigenvalue weighted by atomic mass is 10.1. The highest BCUT2D eigenvalue weighted by molar-refractivity contribution is 9.10. The topological polar surface area (TPSA) is 101 Å². The minimum Gasteiger partial charge on any atom is -0.477 e. The van der Waals surface area contributed by atoms with Gasteiger partial charge in [-0.05, 0) is 36.6 Å². The summed E-state index contributed by atoms with van der Waals surface area (Å²) < 4.78 is 7.25. The van der Waals surface area contributed by atoms with Gasteiger partial charge < -0.3 is 9.67 Å². The Balaban J connectivity index is 2.06. The second-order valence-electron chi connectivity index (χ2n) is 5.85. The number of nitrogens with zero attached hydrogens (tertiary/aromatic N) is 2. The monoisotopic (exact) mass is 377 g/mol. The Morgan fingerprint density at radius 1 is 1.52 bits per heavy atom. The lowest BCUT2D eigenvalue weighted by Crippen LogP contribution is -2.26. The highest BCUT2D eigenvalue weighted by atomic mass is 79.9. The molecule has 2 atom stereocenters. The zero-order valence-corrected chi connectivity index (χ0v) is 13.6. The molecule has 1 aromatic carbocycles. The maximum absolute atomic E-state index is 11.7. The predicted octanol–water partition coefficient (Wildman–Crippen LogP) is 2.56. The number of hydrogen-bond acceptors (Lipinski definition) is 4. The number of carboxylic acids is 1. The molecule has 8 heteroatoms. The van der Waals surface area contributed by atoms with Gasteiger partial charge in [0.05, 0.1) is 0 Å². The van der Waals surface area contributed by atoms with E-state index in [4.69, 9.17) is 0 Å². The molecule has 2 aromatic heterocycles. The van der Waals surface area contributed by atoms with Gasteiger partial charge in [-0.2, -0.15) is 0 Å². The number of benzene rings is 1. The van der Waals surface area contributed by atoms with Gasteiger partial charge in [0.1, 0.15) is 11.2 Å². The van der Waals surface area contributed by atoms with Crippen LogP contribution in [0.15, 0.2) is 38.1 Å². The van der Waals surface area contributed by atoms with Crippen LogP contribution >= 0.6 is 15.9 Å². The van der Waals surface area contributed by atoms with Crippen LogP contribution in [0.4, 0.5) is 0 Å². The number of halogens is 1. The predicted molar refractivity (Wildman–Crippen MR) is 84.6 cm³/mol. The van der Waals surface area contributed by atoms with Crippen LogP contribution in [-0.4, -0.2) is 25.8 Å². The highest BCUT2D eigenvalue weighted by Crippen LogP contribution is 2.55. The van der Waals surface area contributed by atoms with Crippen molar-refractivity contribution in [3.63, 3.8) is 0 Å². The number of aromatic amines is 1. The Kier molecular flexibility index (Phi) is 2.84. The van der Waals surface area contributed by atoms with Gasteiger partial charge in [0.25, 0.3) is 0 Å². The fourth-order valence-electron chi connectivity index (χ4n) is 3.35. The van der Waals surface area contributed by atoms with Gasteiger partial charge in [0.15, 0.2) is 5.82 Å². The van der Waals surface area contributed by atoms with Gasteiger partial charge in [-0.3, -0.25) is 9.51 Å². The lowest BCUT2D eigenvalue weighted by molar-refractivity contribution is 0.0682. The summed E-state index contributed by atoms with van der Waals surface area (Å²) in [6.45, 7) is 1.99. The standard InChI is InChI=1S/C15H12BrN3O4/c1-7-6-15(7,13-17-14(22)23-18-13)19-10-3-2-9(16)4-8(10)5-11(19)12(20)21/h2-5,7H,6H2,1H3,(H,20,21)(H,17,18,22). The Morgan fingerprint density at radius 3 is 2.83 bits per heavy atom. The van der Waals surface area contributed by atoms with Crippen LogP contribution in [0.2, 0.25) is 0 Å². The van der Waals surface area contributed by atoms with Crippen LogP contribution in [0, 0.1) is 5.92 Å². The van der Waals surface area contributed by atoms with E-state index in [0.717, 1.165) is 15.4 Å². The van der Waals surface area contributed by atoms with Gasteiger partial charge in [-0.15, -0.1) is 0 Å². The largest absolute Gasteiger partial charge is 0.477 e. The van der Waals surface area contributed by atoms with E-state index < -0.39 is 17.3 Å². The molecular weight excluding hydrogens is 366 g/mol. The van der Waals surface area contributed by atoms with Crippen molar-refractivity contribution < 1.29 is 14.4 Å². The van der Waals surface area contributed by atoms with E-state index in [1.807, 2.05) is 25.1 Å². The van der Waals surface area contributed by atoms with Crippen molar-refractivity contribution in [2.75, 3.05) is 0 Å². The lowest BCUT2D eigenvalue weighted by Gasteiger charge is -2.19. The third-order valence-corrected chi connectivity index (χ3v) is 5.00. The van der Waals surface area contributed by atoms with Crippen LogP contribution in [0.3, 0.4) is 0 Å². The van der Waals surface area contributed by atoms with E-state index >= 15 is 0 Å². The maximum atomic E-state index is 11.7. The molecule has 2 heterocycles. The van der Waals surface area contributed by atoms with E-state index in [9.17, 15) is 14.7 Å². The zero-order valence-electron chi connectivity index (χ0n) is 12.0. The smallest absolute Gasteiger partial charge is 0.438 e. The quantitative estimate of drug-likeness (QED) is 0.730. The summed E-state index contributed by atoms with van der Waals surface area (Å²) in [5.41, 5.74) is 0.236. The molecule has 1 aliphatic carbocycles. The Hall–Kier alpha value is -2.35. The van der Waals surface area contributed by atoms with Crippen molar-refractivity contribution in [2.45, 2.75) is 18.9 Å². The molecule has 0 bridgehead atoms. The van der Waals surface area contributed by atoms with Crippen LogP contribution in [-0.2, 0) is 5.54 Å². The average Bonchev–Trinajstić information content (AvgIpc) is 2.87. The first-order chi connectivity index (χ1) is 10.9. The van der Waals surface area contributed by atoms with Crippen LogP contribution in [0.5, 0.6) is 0 Å². The Labute approximate surface area is 138 Å². The molecule has 118 valence electrons. The van der Waals surface area contributed by atoms with Crippen LogP contribution in [0.1, 0.15) is 29.7 Å². The molecule has 23 heavy (non-hydrogen) atoms. The van der Waals surface area contributed by atoms with Crippen LogP contribution < -0.4 is 5.76 Å². The summed E-state index contributed by atoms with van der Waals surface area (Å²) >= 11 is 3.40. The molecule has 4 rings (SSSR count).